The standard InChI is InChI=1S/C18H14N4O3S/c23-18(20-24)17-6-5-16(26-17)12-7-8-21(19-12)10-14-15-9-11-3-1-2-4-13(11)22(14)25-15/h1-8,24H,9-10H2,(H,20,23). The van der Waals surface area contributed by atoms with Crippen LogP contribution in [0.2, 0.25) is 0 Å². The van der Waals surface area contributed by atoms with E-state index in [4.69, 9.17) is 9.73 Å². The molecule has 0 radical (unpaired) electrons. The molecule has 5 heterocycles. The van der Waals surface area contributed by atoms with E-state index in [1.165, 1.54) is 16.9 Å². The van der Waals surface area contributed by atoms with E-state index in [1.807, 2.05) is 39.9 Å². The van der Waals surface area contributed by atoms with Crippen molar-refractivity contribution in [3.05, 3.63) is 70.6 Å². The van der Waals surface area contributed by atoms with Gasteiger partial charge in [-0.25, -0.2) is 5.48 Å². The fourth-order valence-electron chi connectivity index (χ4n) is 3.19. The zero-order chi connectivity index (χ0) is 17.7. The maximum atomic E-state index is 11.5. The third-order valence-electron chi connectivity index (χ3n) is 4.47. The summed E-state index contributed by atoms with van der Waals surface area (Å²) in [5, 5.41) is 13.3. The maximum absolute atomic E-state index is 11.5. The summed E-state index contributed by atoms with van der Waals surface area (Å²) in [7, 11) is 0. The Balaban J connectivity index is 1.39. The van der Waals surface area contributed by atoms with Gasteiger partial charge in [-0.3, -0.25) is 14.7 Å². The summed E-state index contributed by atoms with van der Waals surface area (Å²) < 4.78 is 9.45. The van der Waals surface area contributed by atoms with Crippen molar-refractivity contribution in [2.75, 3.05) is 0 Å². The normalized spacial score (nSPS) is 12.2. The van der Waals surface area contributed by atoms with E-state index in [2.05, 4.69) is 17.2 Å². The third-order valence-corrected chi connectivity index (χ3v) is 5.57. The monoisotopic (exact) mass is 366 g/mol. The molecule has 0 aliphatic carbocycles. The molecular weight excluding hydrogens is 352 g/mol. The molecular formula is C18H14N4O3S. The van der Waals surface area contributed by atoms with Crippen molar-refractivity contribution in [2.45, 2.75) is 13.0 Å². The zero-order valence-electron chi connectivity index (χ0n) is 13.5. The molecule has 0 spiro atoms. The summed E-state index contributed by atoms with van der Waals surface area (Å²) in [4.78, 5) is 12.8. The van der Waals surface area contributed by atoms with Crippen LogP contribution in [0.25, 0.3) is 16.3 Å². The molecule has 2 N–H and O–H groups in total. The topological polar surface area (TPSA) is 85.2 Å². The molecule has 4 aromatic rings. The Morgan fingerprint density at radius 2 is 2.15 bits per heavy atom. The van der Waals surface area contributed by atoms with Crippen LogP contribution in [0.3, 0.4) is 0 Å². The number of carbonyl (C=O) groups excluding carboxylic acids is 1. The minimum absolute atomic E-state index is 0.437. The second-order valence-electron chi connectivity index (χ2n) is 6.06. The molecule has 0 saturated carbocycles. The molecule has 1 amide bonds. The molecule has 6 rings (SSSR count). The van der Waals surface area contributed by atoms with Gasteiger partial charge in [0.25, 0.3) is 5.91 Å². The smallest absolute Gasteiger partial charge is 0.284 e. The molecule has 0 fully saturated rings. The van der Waals surface area contributed by atoms with E-state index < -0.39 is 5.91 Å². The molecule has 3 aromatic heterocycles. The largest absolute Gasteiger partial charge is 0.377 e. The van der Waals surface area contributed by atoms with Gasteiger partial charge in [-0.1, -0.05) is 18.2 Å². The van der Waals surface area contributed by atoms with E-state index in [0.29, 0.717) is 11.4 Å². The van der Waals surface area contributed by atoms with Crippen molar-refractivity contribution in [3.8, 4) is 16.3 Å². The number of benzene rings is 1. The Labute approximate surface area is 152 Å². The van der Waals surface area contributed by atoms with Gasteiger partial charge in [0.1, 0.15) is 11.4 Å². The first kappa shape index (κ1) is 15.2. The molecule has 0 atom stereocenters. The number of hydroxylamine groups is 1. The summed E-state index contributed by atoms with van der Waals surface area (Å²) in [6, 6.07) is 13.6. The molecule has 2 aliphatic rings. The highest BCUT2D eigenvalue weighted by molar-refractivity contribution is 7.17. The summed E-state index contributed by atoms with van der Waals surface area (Å²) in [5.74, 6) is 0.470. The first-order valence-electron chi connectivity index (χ1n) is 8.09. The van der Waals surface area contributed by atoms with Crippen LogP contribution in [0.4, 0.5) is 0 Å². The summed E-state index contributed by atoms with van der Waals surface area (Å²) in [6.07, 6.45) is 2.72. The summed E-state index contributed by atoms with van der Waals surface area (Å²) in [6.45, 7) is 0.624. The van der Waals surface area contributed by atoms with Crippen LogP contribution < -0.4 is 5.48 Å². The Morgan fingerprint density at radius 3 is 3.04 bits per heavy atom. The number of carbonyl (C=O) groups is 1. The molecule has 2 bridgehead atoms. The highest BCUT2D eigenvalue weighted by atomic mass is 32.1. The van der Waals surface area contributed by atoms with Crippen molar-refractivity contribution < 1.29 is 14.5 Å². The predicted molar refractivity (Wildman–Crippen MR) is 94.7 cm³/mol. The van der Waals surface area contributed by atoms with Crippen molar-refractivity contribution in [2.24, 2.45) is 0 Å². The van der Waals surface area contributed by atoms with Gasteiger partial charge in [0.15, 0.2) is 5.76 Å². The molecule has 0 unspecified atom stereocenters. The molecule has 1 aromatic carbocycles. The van der Waals surface area contributed by atoms with Crippen LogP contribution in [0.1, 0.15) is 26.7 Å². The van der Waals surface area contributed by atoms with Crippen LogP contribution in [-0.2, 0) is 13.0 Å². The lowest BCUT2D eigenvalue weighted by molar-refractivity contribution is 0.0711. The van der Waals surface area contributed by atoms with Gasteiger partial charge in [0, 0.05) is 12.6 Å². The molecule has 2 aliphatic heterocycles. The van der Waals surface area contributed by atoms with Crippen molar-refractivity contribution in [1.82, 2.24) is 20.0 Å². The van der Waals surface area contributed by atoms with Crippen molar-refractivity contribution in [3.63, 3.8) is 0 Å². The Morgan fingerprint density at radius 1 is 1.27 bits per heavy atom. The van der Waals surface area contributed by atoms with Gasteiger partial charge >= 0.3 is 0 Å². The van der Waals surface area contributed by atoms with Gasteiger partial charge in [-0.15, -0.1) is 11.3 Å². The number of nitrogens with one attached hydrogen (secondary N) is 1. The number of para-hydroxylation sites is 1. The van der Waals surface area contributed by atoms with E-state index in [1.54, 1.807) is 11.5 Å². The minimum Gasteiger partial charge on any atom is -0.377 e. The van der Waals surface area contributed by atoms with Gasteiger partial charge in [0.05, 0.1) is 22.0 Å². The zero-order valence-corrected chi connectivity index (χ0v) is 14.4. The first-order valence-corrected chi connectivity index (χ1v) is 8.91. The van der Waals surface area contributed by atoms with Gasteiger partial charge in [-0.05, 0) is 29.8 Å². The summed E-state index contributed by atoms with van der Waals surface area (Å²) in [5.41, 5.74) is 5.91. The van der Waals surface area contributed by atoms with Crippen LogP contribution >= 0.6 is 11.3 Å². The lowest BCUT2D eigenvalue weighted by atomic mass is 10.0. The number of amides is 1. The highest BCUT2D eigenvalue weighted by Gasteiger charge is 2.27. The number of thiophene rings is 1. The van der Waals surface area contributed by atoms with Crippen LogP contribution in [0.5, 0.6) is 0 Å². The number of hydrogen-bond donors (Lipinski definition) is 2. The first-order chi connectivity index (χ1) is 12.7. The Hall–Kier alpha value is -3.10. The van der Waals surface area contributed by atoms with Crippen LogP contribution in [0, 0.1) is 0 Å². The van der Waals surface area contributed by atoms with Crippen LogP contribution in [0.15, 0.2) is 53.2 Å². The summed E-state index contributed by atoms with van der Waals surface area (Å²) >= 11 is 1.28. The predicted octanol–water partition coefficient (Wildman–Crippen LogP) is 3.07. The minimum atomic E-state index is -0.515. The van der Waals surface area contributed by atoms with Gasteiger partial charge in [0.2, 0.25) is 0 Å². The number of rotatable bonds is 4. The van der Waals surface area contributed by atoms with E-state index in [0.717, 1.165) is 34.1 Å². The molecule has 26 heavy (non-hydrogen) atoms. The molecule has 7 nitrogen and oxygen atoms in total. The lowest BCUT2D eigenvalue weighted by Gasteiger charge is -2.27. The number of hydrogen-bond acceptors (Lipinski definition) is 5. The number of nitrogens with zero attached hydrogens (tertiary/aromatic N) is 3. The molecule has 8 heteroatoms. The van der Waals surface area contributed by atoms with E-state index in [9.17, 15) is 4.79 Å². The maximum Gasteiger partial charge on any atom is 0.284 e. The van der Waals surface area contributed by atoms with E-state index in [-0.39, 0.29) is 0 Å². The van der Waals surface area contributed by atoms with Gasteiger partial charge < -0.3 is 4.52 Å². The fraction of sp³-hybridized carbons (Fsp3) is 0.111. The Kier molecular flexibility index (Phi) is 3.34. The third kappa shape index (κ3) is 2.31. The second-order valence-corrected chi connectivity index (χ2v) is 7.15. The quantitative estimate of drug-likeness (QED) is 0.378. The van der Waals surface area contributed by atoms with Crippen molar-refractivity contribution >= 4 is 17.2 Å². The van der Waals surface area contributed by atoms with Crippen molar-refractivity contribution in [1.29, 1.82) is 0 Å². The van der Waals surface area contributed by atoms with E-state index >= 15 is 0 Å². The lowest BCUT2D eigenvalue weighted by Crippen LogP contribution is -2.23. The second kappa shape index (κ2) is 5.72. The van der Waals surface area contributed by atoms with Gasteiger partial charge in [-0.2, -0.15) is 9.84 Å². The highest BCUT2D eigenvalue weighted by Crippen LogP contribution is 2.33. The average Bonchev–Trinajstić information content (AvgIpc) is 3.34. The number of aromatic nitrogens is 3. The Bertz CT molecular complexity index is 1120. The molecule has 130 valence electrons. The fourth-order valence-corrected chi connectivity index (χ4v) is 4.05. The van der Waals surface area contributed by atoms with Crippen LogP contribution in [-0.4, -0.2) is 25.6 Å². The molecule has 0 saturated heterocycles. The SMILES string of the molecule is O=C(NO)c1ccc(-c2ccn(Cc3c4on3-c3ccccc3C4)n2)s1. The average molecular weight is 366 g/mol.